The number of rotatable bonds is 4. The van der Waals surface area contributed by atoms with E-state index in [0.29, 0.717) is 23.5 Å². The predicted molar refractivity (Wildman–Crippen MR) is 108 cm³/mol. The highest BCUT2D eigenvalue weighted by atomic mass is 16.3. The van der Waals surface area contributed by atoms with Crippen molar-refractivity contribution < 1.29 is 5.11 Å². The average molecular weight is 371 g/mol. The SMILES string of the molecule is CCC[C@H](O)c1cc(C)c(-c2cc3cnc(C)cc3n3c(C#N)cnc23)cn1. The molecule has 1 N–H and O–H groups in total. The molecule has 0 unspecified atom stereocenters. The van der Waals surface area contributed by atoms with Crippen LogP contribution in [0.15, 0.2) is 36.8 Å². The lowest BCUT2D eigenvalue weighted by Crippen LogP contribution is -2.02. The van der Waals surface area contributed by atoms with Crippen molar-refractivity contribution in [3.8, 4) is 17.2 Å². The van der Waals surface area contributed by atoms with E-state index in [9.17, 15) is 10.4 Å². The first-order chi connectivity index (χ1) is 13.5. The molecule has 140 valence electrons. The molecule has 1 atom stereocenters. The molecule has 0 saturated carbocycles. The number of aromatic nitrogens is 4. The van der Waals surface area contributed by atoms with Gasteiger partial charge in [-0.15, -0.1) is 0 Å². The lowest BCUT2D eigenvalue weighted by atomic mass is 10.00. The topological polar surface area (TPSA) is 87.1 Å². The first kappa shape index (κ1) is 18.1. The van der Waals surface area contributed by atoms with Crippen LogP contribution in [0.3, 0.4) is 0 Å². The number of fused-ring (bicyclic) bond motifs is 3. The Morgan fingerprint density at radius 3 is 2.61 bits per heavy atom. The third-order valence-corrected chi connectivity index (χ3v) is 5.03. The van der Waals surface area contributed by atoms with E-state index < -0.39 is 6.10 Å². The van der Waals surface area contributed by atoms with Gasteiger partial charge in [-0.2, -0.15) is 5.26 Å². The van der Waals surface area contributed by atoms with Crippen LogP contribution in [0.2, 0.25) is 0 Å². The summed E-state index contributed by atoms with van der Waals surface area (Å²) in [7, 11) is 0. The van der Waals surface area contributed by atoms with Crippen LogP contribution in [0.1, 0.15) is 48.5 Å². The van der Waals surface area contributed by atoms with Crippen LogP contribution in [-0.2, 0) is 0 Å². The maximum absolute atomic E-state index is 10.3. The molecule has 0 fully saturated rings. The molecule has 4 aromatic heterocycles. The van der Waals surface area contributed by atoms with Gasteiger partial charge in [0.25, 0.3) is 0 Å². The zero-order valence-corrected chi connectivity index (χ0v) is 16.1. The van der Waals surface area contributed by atoms with Crippen LogP contribution >= 0.6 is 0 Å². The van der Waals surface area contributed by atoms with E-state index in [-0.39, 0.29) is 0 Å². The van der Waals surface area contributed by atoms with E-state index in [1.165, 1.54) is 0 Å². The summed E-state index contributed by atoms with van der Waals surface area (Å²) >= 11 is 0. The van der Waals surface area contributed by atoms with Crippen molar-refractivity contribution in [3.63, 3.8) is 0 Å². The number of hydrogen-bond donors (Lipinski definition) is 1. The highest BCUT2D eigenvalue weighted by molar-refractivity contribution is 5.92. The van der Waals surface area contributed by atoms with Gasteiger partial charge < -0.3 is 5.11 Å². The normalized spacial score (nSPS) is 12.4. The number of pyridine rings is 3. The van der Waals surface area contributed by atoms with Crippen LogP contribution in [0.25, 0.3) is 27.7 Å². The van der Waals surface area contributed by atoms with E-state index in [1.54, 1.807) is 12.4 Å². The van der Waals surface area contributed by atoms with Gasteiger partial charge in [0.2, 0.25) is 0 Å². The second-order valence-corrected chi connectivity index (χ2v) is 7.09. The number of hydrogen-bond acceptors (Lipinski definition) is 5. The fourth-order valence-corrected chi connectivity index (χ4v) is 3.61. The maximum Gasteiger partial charge on any atom is 0.146 e. The zero-order valence-electron chi connectivity index (χ0n) is 16.1. The first-order valence-corrected chi connectivity index (χ1v) is 9.35. The second kappa shape index (κ2) is 7.02. The lowest BCUT2D eigenvalue weighted by molar-refractivity contribution is 0.161. The van der Waals surface area contributed by atoms with Gasteiger partial charge in [0, 0.05) is 34.6 Å². The largest absolute Gasteiger partial charge is 0.387 e. The van der Waals surface area contributed by atoms with Crippen LogP contribution in [-0.4, -0.2) is 24.5 Å². The maximum atomic E-state index is 10.3. The third-order valence-electron chi connectivity index (χ3n) is 5.03. The Morgan fingerprint density at radius 1 is 1.07 bits per heavy atom. The Morgan fingerprint density at radius 2 is 1.89 bits per heavy atom. The van der Waals surface area contributed by atoms with E-state index in [2.05, 4.69) is 21.0 Å². The zero-order chi connectivity index (χ0) is 19.8. The van der Waals surface area contributed by atoms with Crippen molar-refractivity contribution >= 4 is 16.6 Å². The summed E-state index contributed by atoms with van der Waals surface area (Å²) in [6, 6.07) is 8.15. The Bertz CT molecular complexity index is 1240. The molecule has 4 heterocycles. The van der Waals surface area contributed by atoms with Gasteiger partial charge in [0.15, 0.2) is 0 Å². The number of aliphatic hydroxyl groups excluding tert-OH is 1. The summed E-state index contributed by atoms with van der Waals surface area (Å²) in [5, 5.41) is 20.7. The van der Waals surface area contributed by atoms with Crippen molar-refractivity contribution in [1.82, 2.24) is 19.4 Å². The molecule has 0 bridgehead atoms. The fourth-order valence-electron chi connectivity index (χ4n) is 3.61. The molecule has 0 radical (unpaired) electrons. The molecular formula is C22H21N5O. The lowest BCUT2D eigenvalue weighted by Gasteiger charge is -2.14. The number of aryl methyl sites for hydroxylation is 2. The number of nitriles is 1. The van der Waals surface area contributed by atoms with Gasteiger partial charge in [-0.3, -0.25) is 14.4 Å². The van der Waals surface area contributed by atoms with Gasteiger partial charge >= 0.3 is 0 Å². The molecule has 0 spiro atoms. The smallest absolute Gasteiger partial charge is 0.146 e. The van der Waals surface area contributed by atoms with Gasteiger partial charge in [0.05, 0.1) is 23.5 Å². The van der Waals surface area contributed by atoms with Crippen LogP contribution in [0, 0.1) is 25.2 Å². The van der Waals surface area contributed by atoms with Crippen molar-refractivity contribution in [2.75, 3.05) is 0 Å². The van der Waals surface area contributed by atoms with Crippen molar-refractivity contribution in [3.05, 3.63) is 59.4 Å². The fraction of sp³-hybridized carbons (Fsp3) is 0.273. The summed E-state index contributed by atoms with van der Waals surface area (Å²) in [4.78, 5) is 13.4. The molecule has 0 aliphatic rings. The monoisotopic (exact) mass is 371 g/mol. The highest BCUT2D eigenvalue weighted by Gasteiger charge is 2.17. The first-order valence-electron chi connectivity index (χ1n) is 9.35. The summed E-state index contributed by atoms with van der Waals surface area (Å²) in [5.41, 5.74) is 6.47. The minimum absolute atomic E-state index is 0.480. The van der Waals surface area contributed by atoms with E-state index in [0.717, 1.165) is 39.7 Å². The predicted octanol–water partition coefficient (Wildman–Crippen LogP) is 4.27. The molecule has 28 heavy (non-hydrogen) atoms. The minimum atomic E-state index is -0.557. The Hall–Kier alpha value is -3.30. The van der Waals surface area contributed by atoms with Crippen molar-refractivity contribution in [1.29, 1.82) is 5.26 Å². The summed E-state index contributed by atoms with van der Waals surface area (Å²) in [6.07, 6.45) is 6.22. The quantitative estimate of drug-likeness (QED) is 0.579. The summed E-state index contributed by atoms with van der Waals surface area (Å²) in [5.74, 6) is 0. The van der Waals surface area contributed by atoms with Gasteiger partial charge in [0.1, 0.15) is 17.4 Å². The van der Waals surface area contributed by atoms with Crippen molar-refractivity contribution in [2.24, 2.45) is 0 Å². The van der Waals surface area contributed by atoms with Gasteiger partial charge in [-0.1, -0.05) is 13.3 Å². The minimum Gasteiger partial charge on any atom is -0.387 e. The standard InChI is InChI=1S/C22H21N5O/c1-4-5-21(28)19-6-13(2)18(12-25-19)17-8-15-10-24-14(3)7-20(15)27-16(9-23)11-26-22(17)27/h6-8,10-12,21,28H,4-5H2,1-3H3/t21-/m0/s1. The highest BCUT2D eigenvalue weighted by Crippen LogP contribution is 2.32. The van der Waals surface area contributed by atoms with Gasteiger partial charge in [-0.05, 0) is 44.0 Å². The van der Waals surface area contributed by atoms with Crippen LogP contribution in [0.4, 0.5) is 0 Å². The summed E-state index contributed by atoms with van der Waals surface area (Å²) < 4.78 is 1.87. The average Bonchev–Trinajstić information content (AvgIpc) is 3.12. The molecular weight excluding hydrogens is 350 g/mol. The van der Waals surface area contributed by atoms with E-state index >= 15 is 0 Å². The Balaban J connectivity index is 1.98. The van der Waals surface area contributed by atoms with E-state index in [1.807, 2.05) is 49.6 Å². The molecule has 6 nitrogen and oxygen atoms in total. The number of nitrogens with zero attached hydrogens (tertiary/aromatic N) is 5. The molecule has 0 saturated heterocycles. The Kier molecular flexibility index (Phi) is 4.54. The second-order valence-electron chi connectivity index (χ2n) is 7.09. The molecule has 0 aliphatic heterocycles. The number of aliphatic hydroxyl groups is 1. The van der Waals surface area contributed by atoms with Crippen LogP contribution < -0.4 is 0 Å². The number of imidazole rings is 1. The molecule has 0 aliphatic carbocycles. The summed E-state index contributed by atoms with van der Waals surface area (Å²) in [6.45, 7) is 5.97. The Labute approximate surface area is 163 Å². The van der Waals surface area contributed by atoms with E-state index in [4.69, 9.17) is 0 Å². The third kappa shape index (κ3) is 2.90. The molecule has 0 amide bonds. The van der Waals surface area contributed by atoms with Crippen LogP contribution in [0.5, 0.6) is 0 Å². The van der Waals surface area contributed by atoms with Gasteiger partial charge in [-0.25, -0.2) is 4.98 Å². The van der Waals surface area contributed by atoms with Crippen molar-refractivity contribution in [2.45, 2.75) is 39.7 Å². The molecule has 4 aromatic rings. The molecule has 6 heteroatoms. The molecule has 0 aromatic carbocycles. The molecule has 4 rings (SSSR count).